The highest BCUT2D eigenvalue weighted by Crippen LogP contribution is 2.44. The van der Waals surface area contributed by atoms with E-state index in [0.29, 0.717) is 73.2 Å². The molecule has 0 bridgehead atoms. The summed E-state index contributed by atoms with van der Waals surface area (Å²) in [7, 11) is 1.52. The van der Waals surface area contributed by atoms with Crippen LogP contribution in [0.25, 0.3) is 10.9 Å². The van der Waals surface area contributed by atoms with Crippen LogP contribution >= 0.6 is 11.6 Å². The maximum absolute atomic E-state index is 15.7. The highest BCUT2D eigenvalue weighted by molar-refractivity contribution is 6.32. The maximum Gasteiger partial charge on any atom is 0.303 e. The second-order valence-electron chi connectivity index (χ2n) is 9.99. The van der Waals surface area contributed by atoms with Gasteiger partial charge in [-0.05, 0) is 62.4 Å². The summed E-state index contributed by atoms with van der Waals surface area (Å²) in [5.41, 5.74) is -0.0831. The van der Waals surface area contributed by atoms with E-state index in [9.17, 15) is 23.1 Å². The van der Waals surface area contributed by atoms with Crippen LogP contribution in [0.5, 0.6) is 5.75 Å². The van der Waals surface area contributed by atoms with E-state index in [0.717, 1.165) is 0 Å². The van der Waals surface area contributed by atoms with Crippen molar-refractivity contribution in [2.45, 2.75) is 38.3 Å². The zero-order chi connectivity index (χ0) is 28.2. The number of anilines is 1. The van der Waals surface area contributed by atoms with Gasteiger partial charge in [-0.15, -0.1) is 0 Å². The van der Waals surface area contributed by atoms with Crippen molar-refractivity contribution in [1.82, 2.24) is 9.88 Å². The first-order valence-corrected chi connectivity index (χ1v) is 13.1. The number of carboxylic acid groups (broad SMARTS) is 1. The van der Waals surface area contributed by atoms with Crippen LogP contribution in [0.2, 0.25) is 5.02 Å². The van der Waals surface area contributed by atoms with Crippen molar-refractivity contribution in [3.63, 3.8) is 0 Å². The first kappa shape index (κ1) is 28.9. The number of alkyl halides is 1. The topological polar surface area (TPSA) is 74.7 Å². The molecule has 1 atom stereocenters. The molecular weight excluding hydrogens is 538 g/mol. The highest BCUT2D eigenvalue weighted by Gasteiger charge is 2.37. The number of piperidine rings is 1. The average molecular weight is 568 g/mol. The quantitative estimate of drug-likeness (QED) is 0.249. The molecule has 210 valence electrons. The third kappa shape index (κ3) is 6.91. The molecule has 4 rings (SSSR count). The smallest absolute Gasteiger partial charge is 0.303 e. The Kier molecular flexibility index (Phi) is 9.17. The highest BCUT2D eigenvalue weighted by atomic mass is 35.5. The number of nitrogens with one attached hydrogen (secondary N) is 1. The minimum absolute atomic E-state index is 0.0868. The number of aromatic nitrogens is 1. The number of fused-ring (bicyclic) bond motifs is 1. The molecule has 1 saturated heterocycles. The summed E-state index contributed by atoms with van der Waals surface area (Å²) in [4.78, 5) is 18.0. The summed E-state index contributed by atoms with van der Waals surface area (Å²) in [5.74, 6) is -3.40. The third-order valence-corrected chi connectivity index (χ3v) is 7.79. The largest absolute Gasteiger partial charge is 0.497 e. The van der Waals surface area contributed by atoms with Crippen molar-refractivity contribution in [3.8, 4) is 5.75 Å². The van der Waals surface area contributed by atoms with Crippen LogP contribution in [-0.2, 0) is 4.79 Å². The molecule has 0 unspecified atom stereocenters. The molecule has 3 aromatic rings. The Morgan fingerprint density at radius 1 is 1.21 bits per heavy atom. The van der Waals surface area contributed by atoms with Gasteiger partial charge < -0.3 is 20.1 Å². The molecule has 39 heavy (non-hydrogen) atoms. The molecule has 1 aromatic heterocycles. The number of nitrogens with zero attached hydrogens (tertiary/aromatic N) is 2. The predicted molar refractivity (Wildman–Crippen MR) is 142 cm³/mol. The van der Waals surface area contributed by atoms with Gasteiger partial charge in [0.05, 0.1) is 24.1 Å². The Hall–Kier alpha value is -3.11. The number of hydrogen-bond donors (Lipinski definition) is 2. The number of likely N-dealkylation sites (tertiary alicyclic amines) is 1. The minimum atomic E-state index is -1.43. The van der Waals surface area contributed by atoms with E-state index in [1.54, 1.807) is 18.2 Å². The lowest BCUT2D eigenvalue weighted by Crippen LogP contribution is -2.43. The van der Waals surface area contributed by atoms with Crippen LogP contribution in [-0.4, -0.2) is 54.2 Å². The normalized spacial score (nSPS) is 16.3. The molecule has 0 aliphatic carbocycles. The van der Waals surface area contributed by atoms with Gasteiger partial charge in [-0.3, -0.25) is 9.78 Å². The molecule has 0 spiro atoms. The van der Waals surface area contributed by atoms with E-state index < -0.39 is 35.0 Å². The Labute approximate surface area is 228 Å². The molecule has 11 heteroatoms. The van der Waals surface area contributed by atoms with Crippen molar-refractivity contribution in [3.05, 3.63) is 64.6 Å². The number of aliphatic carboxylic acids is 1. The number of carboxylic acids is 1. The SMILES string of the molecule is COc1ccc2ncc(Cl)c([C@@H](F)CCC3(CC(=O)O)CCN(CCNc4c(F)cc(F)cc4F)CC3)c2c1. The van der Waals surface area contributed by atoms with Gasteiger partial charge in [0.2, 0.25) is 0 Å². The molecule has 0 saturated carbocycles. The number of halogens is 5. The predicted octanol–water partition coefficient (Wildman–Crippen LogP) is 6.77. The summed E-state index contributed by atoms with van der Waals surface area (Å²) in [6, 6.07) is 6.39. The van der Waals surface area contributed by atoms with E-state index in [4.69, 9.17) is 16.3 Å². The maximum atomic E-state index is 15.7. The number of pyridine rings is 1. The van der Waals surface area contributed by atoms with Gasteiger partial charge in [-0.1, -0.05) is 11.6 Å². The molecule has 2 heterocycles. The van der Waals surface area contributed by atoms with E-state index in [1.807, 2.05) is 0 Å². The third-order valence-electron chi connectivity index (χ3n) is 7.49. The molecule has 2 aromatic carbocycles. The fourth-order valence-corrected chi connectivity index (χ4v) is 5.60. The van der Waals surface area contributed by atoms with E-state index >= 15 is 4.39 Å². The lowest BCUT2D eigenvalue weighted by Gasteiger charge is -2.41. The fraction of sp³-hybridized carbons (Fsp3) is 0.429. The average Bonchev–Trinajstić information content (AvgIpc) is 2.89. The second-order valence-corrected chi connectivity index (χ2v) is 10.4. The number of methoxy groups -OCH3 is 1. The van der Waals surface area contributed by atoms with Crippen LogP contribution < -0.4 is 10.1 Å². The number of rotatable bonds is 11. The summed E-state index contributed by atoms with van der Waals surface area (Å²) < 4.78 is 61.8. The van der Waals surface area contributed by atoms with Crippen LogP contribution in [0.3, 0.4) is 0 Å². The molecule has 1 aliphatic rings. The van der Waals surface area contributed by atoms with Crippen LogP contribution in [0, 0.1) is 22.9 Å². The van der Waals surface area contributed by atoms with Crippen LogP contribution in [0.15, 0.2) is 36.5 Å². The lowest BCUT2D eigenvalue weighted by atomic mass is 9.71. The Morgan fingerprint density at radius 3 is 2.54 bits per heavy atom. The van der Waals surface area contributed by atoms with Gasteiger partial charge in [0.15, 0.2) is 11.6 Å². The summed E-state index contributed by atoms with van der Waals surface area (Å²) >= 11 is 6.36. The van der Waals surface area contributed by atoms with E-state index in [2.05, 4.69) is 15.2 Å². The molecule has 2 N–H and O–H groups in total. The van der Waals surface area contributed by atoms with Crippen molar-refractivity contribution in [1.29, 1.82) is 0 Å². The number of ether oxygens (including phenoxy) is 1. The summed E-state index contributed by atoms with van der Waals surface area (Å²) in [6.45, 7) is 1.77. The van der Waals surface area contributed by atoms with Gasteiger partial charge >= 0.3 is 5.97 Å². The number of benzene rings is 2. The van der Waals surface area contributed by atoms with Gasteiger partial charge in [0.1, 0.15) is 23.4 Å². The van der Waals surface area contributed by atoms with Gasteiger partial charge in [0, 0.05) is 42.4 Å². The van der Waals surface area contributed by atoms with Gasteiger partial charge in [0.25, 0.3) is 0 Å². The number of hydrogen-bond acceptors (Lipinski definition) is 5. The molecular formula is C28H30ClF4N3O3. The van der Waals surface area contributed by atoms with Gasteiger partial charge in [-0.25, -0.2) is 17.6 Å². The molecule has 0 radical (unpaired) electrons. The Bertz CT molecular complexity index is 1310. The Balaban J connectivity index is 1.39. The van der Waals surface area contributed by atoms with Gasteiger partial charge in [-0.2, -0.15) is 0 Å². The van der Waals surface area contributed by atoms with Crippen molar-refractivity contribution < 1.29 is 32.2 Å². The van der Waals surface area contributed by atoms with E-state index in [1.165, 1.54) is 13.3 Å². The minimum Gasteiger partial charge on any atom is -0.497 e. The van der Waals surface area contributed by atoms with Crippen LogP contribution in [0.4, 0.5) is 23.2 Å². The van der Waals surface area contributed by atoms with Crippen LogP contribution in [0.1, 0.15) is 43.8 Å². The summed E-state index contributed by atoms with van der Waals surface area (Å²) in [6.07, 6.45) is 1.41. The fourth-order valence-electron chi connectivity index (χ4n) is 5.33. The molecule has 1 fully saturated rings. The monoisotopic (exact) mass is 567 g/mol. The molecule has 0 amide bonds. The molecule has 6 nitrogen and oxygen atoms in total. The van der Waals surface area contributed by atoms with Crippen molar-refractivity contribution >= 4 is 34.2 Å². The zero-order valence-corrected chi connectivity index (χ0v) is 22.2. The first-order chi connectivity index (χ1) is 18.6. The second kappa shape index (κ2) is 12.4. The number of carbonyl (C=O) groups is 1. The zero-order valence-electron chi connectivity index (χ0n) is 21.5. The van der Waals surface area contributed by atoms with Crippen molar-refractivity contribution in [2.75, 3.05) is 38.6 Å². The lowest BCUT2D eigenvalue weighted by molar-refractivity contribution is -0.141. The van der Waals surface area contributed by atoms with Crippen molar-refractivity contribution in [2.24, 2.45) is 5.41 Å². The first-order valence-electron chi connectivity index (χ1n) is 12.7. The van der Waals surface area contributed by atoms with E-state index in [-0.39, 0.29) is 30.1 Å². The Morgan fingerprint density at radius 2 is 1.90 bits per heavy atom. The standard InChI is InChI=1S/C28H30ClF4N3O3/c1-39-18-2-3-24-19(14-18)26(20(29)16-35-24)21(31)4-5-28(15-25(37)38)6-9-36(10-7-28)11-8-34-27-22(32)12-17(30)13-23(27)33/h2-3,12-14,16,21,34H,4-11,15H2,1H3,(H,37,38)/t21-/m0/s1. The summed E-state index contributed by atoms with van der Waals surface area (Å²) in [5, 5.41) is 13.0. The molecule has 1 aliphatic heterocycles.